The molecule has 0 aliphatic heterocycles. The molecule has 1 aromatic rings. The summed E-state index contributed by atoms with van der Waals surface area (Å²) in [4.78, 5) is 13.9. The predicted molar refractivity (Wildman–Crippen MR) is 65.5 cm³/mol. The van der Waals surface area contributed by atoms with Crippen molar-refractivity contribution in [2.75, 3.05) is 13.2 Å². The van der Waals surface area contributed by atoms with Crippen LogP contribution in [0.15, 0.2) is 18.2 Å². The Morgan fingerprint density at radius 2 is 2.06 bits per heavy atom. The highest BCUT2D eigenvalue weighted by Gasteiger charge is 2.30. The van der Waals surface area contributed by atoms with Gasteiger partial charge in [-0.25, -0.2) is 0 Å². The number of phenols is 2. The third-order valence-corrected chi connectivity index (χ3v) is 3.33. The number of hydrogen-bond donors (Lipinski definition) is 3. The zero-order valence-electron chi connectivity index (χ0n) is 10.0. The third kappa shape index (κ3) is 2.41. The highest BCUT2D eigenvalue weighted by atomic mass is 16.3. The first-order valence-electron chi connectivity index (χ1n) is 6.07. The molecule has 0 radical (unpaired) electrons. The van der Waals surface area contributed by atoms with Crippen molar-refractivity contribution >= 4 is 5.91 Å². The number of phenolic OH excluding ortho intramolecular Hbond substituents is 2. The van der Waals surface area contributed by atoms with Gasteiger partial charge in [0.15, 0.2) is 0 Å². The van der Waals surface area contributed by atoms with E-state index in [0.29, 0.717) is 0 Å². The van der Waals surface area contributed by atoms with Crippen LogP contribution < -0.4 is 0 Å². The van der Waals surface area contributed by atoms with E-state index in [-0.39, 0.29) is 42.2 Å². The summed E-state index contributed by atoms with van der Waals surface area (Å²) in [5.41, 5.74) is 0.160. The SMILES string of the molecule is O=C(c1ccc(O)cc1O)N(CCO)C1CCC1. The fourth-order valence-electron chi connectivity index (χ4n) is 2.11. The van der Waals surface area contributed by atoms with E-state index >= 15 is 0 Å². The lowest BCUT2D eigenvalue weighted by molar-refractivity contribution is 0.0523. The van der Waals surface area contributed by atoms with Gasteiger partial charge in [-0.15, -0.1) is 0 Å². The van der Waals surface area contributed by atoms with Crippen LogP contribution in [0.25, 0.3) is 0 Å². The van der Waals surface area contributed by atoms with Crippen LogP contribution in [0.4, 0.5) is 0 Å². The minimum Gasteiger partial charge on any atom is -0.508 e. The molecule has 1 amide bonds. The molecular weight excluding hydrogens is 234 g/mol. The molecule has 0 atom stereocenters. The summed E-state index contributed by atoms with van der Waals surface area (Å²) in [6, 6.07) is 4.06. The van der Waals surface area contributed by atoms with Crippen molar-refractivity contribution in [2.24, 2.45) is 0 Å². The molecule has 1 aliphatic carbocycles. The van der Waals surface area contributed by atoms with Gasteiger partial charge in [-0.1, -0.05) is 0 Å². The maximum Gasteiger partial charge on any atom is 0.257 e. The van der Waals surface area contributed by atoms with Gasteiger partial charge in [0.25, 0.3) is 5.91 Å². The second-order valence-corrected chi connectivity index (χ2v) is 4.51. The number of amides is 1. The lowest BCUT2D eigenvalue weighted by atomic mass is 9.91. The summed E-state index contributed by atoms with van der Waals surface area (Å²) in [7, 11) is 0. The van der Waals surface area contributed by atoms with Crippen molar-refractivity contribution < 1.29 is 20.1 Å². The van der Waals surface area contributed by atoms with Crippen molar-refractivity contribution in [1.29, 1.82) is 0 Å². The van der Waals surface area contributed by atoms with Crippen molar-refractivity contribution in [1.82, 2.24) is 4.90 Å². The Kier molecular flexibility index (Phi) is 3.72. The van der Waals surface area contributed by atoms with Crippen LogP contribution >= 0.6 is 0 Å². The quantitative estimate of drug-likeness (QED) is 0.748. The van der Waals surface area contributed by atoms with Gasteiger partial charge in [-0.2, -0.15) is 0 Å². The van der Waals surface area contributed by atoms with E-state index < -0.39 is 0 Å². The second-order valence-electron chi connectivity index (χ2n) is 4.51. The van der Waals surface area contributed by atoms with Crippen LogP contribution in [0.1, 0.15) is 29.6 Å². The maximum atomic E-state index is 12.3. The first kappa shape index (κ1) is 12.7. The summed E-state index contributed by atoms with van der Waals surface area (Å²) >= 11 is 0. The molecule has 5 nitrogen and oxygen atoms in total. The van der Waals surface area contributed by atoms with E-state index in [4.69, 9.17) is 5.11 Å². The molecule has 3 N–H and O–H groups in total. The molecule has 1 aliphatic rings. The smallest absolute Gasteiger partial charge is 0.257 e. The van der Waals surface area contributed by atoms with Gasteiger partial charge in [-0.05, 0) is 31.4 Å². The van der Waals surface area contributed by atoms with E-state index in [1.807, 2.05) is 0 Å². The molecule has 1 fully saturated rings. The Morgan fingerprint density at radius 1 is 1.33 bits per heavy atom. The summed E-state index contributed by atoms with van der Waals surface area (Å²) in [6.07, 6.45) is 2.95. The largest absolute Gasteiger partial charge is 0.508 e. The van der Waals surface area contributed by atoms with E-state index in [9.17, 15) is 15.0 Å². The highest BCUT2D eigenvalue weighted by molar-refractivity contribution is 5.97. The third-order valence-electron chi connectivity index (χ3n) is 3.33. The number of hydrogen-bond acceptors (Lipinski definition) is 4. The predicted octanol–water partition coefficient (Wildman–Crippen LogP) is 1.08. The van der Waals surface area contributed by atoms with E-state index in [0.717, 1.165) is 25.3 Å². The lowest BCUT2D eigenvalue weighted by Gasteiger charge is -2.37. The number of rotatable bonds is 4. The molecular formula is C13H17NO4. The molecule has 0 bridgehead atoms. The van der Waals surface area contributed by atoms with Gasteiger partial charge in [0.1, 0.15) is 11.5 Å². The fourth-order valence-corrected chi connectivity index (χ4v) is 2.11. The molecule has 98 valence electrons. The molecule has 18 heavy (non-hydrogen) atoms. The topological polar surface area (TPSA) is 81.0 Å². The van der Waals surface area contributed by atoms with Crippen LogP contribution in [0.5, 0.6) is 11.5 Å². The number of carbonyl (C=O) groups excluding carboxylic acids is 1. The minimum absolute atomic E-state index is 0.0820. The van der Waals surface area contributed by atoms with E-state index in [1.165, 1.54) is 12.1 Å². The minimum atomic E-state index is -0.300. The van der Waals surface area contributed by atoms with Crippen LogP contribution in [0, 0.1) is 0 Å². The van der Waals surface area contributed by atoms with Crippen LogP contribution in [0.3, 0.4) is 0 Å². The Labute approximate surface area is 105 Å². The molecule has 1 aromatic carbocycles. The van der Waals surface area contributed by atoms with Crippen LogP contribution in [-0.4, -0.2) is 45.3 Å². The molecule has 2 rings (SSSR count). The molecule has 0 aromatic heterocycles. The van der Waals surface area contributed by atoms with Gasteiger partial charge in [0.2, 0.25) is 0 Å². The van der Waals surface area contributed by atoms with Crippen molar-refractivity contribution in [3.63, 3.8) is 0 Å². The van der Waals surface area contributed by atoms with Gasteiger partial charge in [0, 0.05) is 18.7 Å². The highest BCUT2D eigenvalue weighted by Crippen LogP contribution is 2.29. The Bertz CT molecular complexity index is 443. The molecule has 0 spiro atoms. The molecule has 0 unspecified atom stereocenters. The molecule has 1 saturated carbocycles. The number of aromatic hydroxyl groups is 2. The van der Waals surface area contributed by atoms with Crippen molar-refractivity contribution in [2.45, 2.75) is 25.3 Å². The maximum absolute atomic E-state index is 12.3. The zero-order chi connectivity index (χ0) is 13.1. The fraction of sp³-hybridized carbons (Fsp3) is 0.462. The zero-order valence-corrected chi connectivity index (χ0v) is 10.0. The second kappa shape index (κ2) is 5.27. The normalized spacial score (nSPS) is 15.2. The molecule has 0 saturated heterocycles. The number of aliphatic hydroxyl groups is 1. The number of nitrogens with zero attached hydrogens (tertiary/aromatic N) is 1. The summed E-state index contributed by atoms with van der Waals surface area (Å²) in [5, 5.41) is 27.9. The average Bonchev–Trinajstić information content (AvgIpc) is 2.25. The van der Waals surface area contributed by atoms with Gasteiger partial charge in [-0.3, -0.25) is 4.79 Å². The average molecular weight is 251 g/mol. The van der Waals surface area contributed by atoms with E-state index in [1.54, 1.807) is 4.90 Å². The Balaban J connectivity index is 2.21. The Hall–Kier alpha value is -1.75. The van der Waals surface area contributed by atoms with Crippen LogP contribution in [0.2, 0.25) is 0 Å². The first-order chi connectivity index (χ1) is 8.63. The standard InChI is InChI=1S/C13H17NO4/c15-7-6-14(9-2-1-3-9)13(18)11-5-4-10(16)8-12(11)17/h4-5,8-9,15-17H,1-3,6-7H2. The van der Waals surface area contributed by atoms with Gasteiger partial charge < -0.3 is 20.2 Å². The first-order valence-corrected chi connectivity index (χ1v) is 6.07. The summed E-state index contributed by atoms with van der Waals surface area (Å²) in [5.74, 6) is -0.616. The Morgan fingerprint density at radius 3 is 2.56 bits per heavy atom. The van der Waals surface area contributed by atoms with E-state index in [2.05, 4.69) is 0 Å². The molecule has 0 heterocycles. The lowest BCUT2D eigenvalue weighted by Crippen LogP contribution is -2.45. The van der Waals surface area contributed by atoms with Gasteiger partial charge >= 0.3 is 0 Å². The monoisotopic (exact) mass is 251 g/mol. The van der Waals surface area contributed by atoms with Gasteiger partial charge in [0.05, 0.1) is 12.2 Å². The number of benzene rings is 1. The van der Waals surface area contributed by atoms with Crippen molar-refractivity contribution in [3.8, 4) is 11.5 Å². The van der Waals surface area contributed by atoms with Crippen molar-refractivity contribution in [3.05, 3.63) is 23.8 Å². The molecule has 5 heteroatoms. The number of aliphatic hydroxyl groups excluding tert-OH is 1. The number of carbonyl (C=O) groups is 1. The summed E-state index contributed by atoms with van der Waals surface area (Å²) in [6.45, 7) is 0.172. The summed E-state index contributed by atoms with van der Waals surface area (Å²) < 4.78 is 0. The van der Waals surface area contributed by atoms with Crippen LogP contribution in [-0.2, 0) is 0 Å².